The summed E-state index contributed by atoms with van der Waals surface area (Å²) in [5.41, 5.74) is 3.43. The third kappa shape index (κ3) is 3.69. The largest absolute Gasteiger partial charge is 0.365 e. The third-order valence-corrected chi connectivity index (χ3v) is 6.15. The number of aryl methyl sites for hydroxylation is 1. The van der Waals surface area contributed by atoms with E-state index in [1.54, 1.807) is 12.1 Å². The molecule has 0 saturated heterocycles. The van der Waals surface area contributed by atoms with Crippen molar-refractivity contribution in [3.8, 4) is 11.3 Å². The molecule has 1 fully saturated rings. The van der Waals surface area contributed by atoms with Crippen LogP contribution < -0.4 is 20.9 Å². The van der Waals surface area contributed by atoms with Crippen LogP contribution in [0.3, 0.4) is 0 Å². The fourth-order valence-corrected chi connectivity index (χ4v) is 4.11. The lowest BCUT2D eigenvalue weighted by Gasteiger charge is -2.35. The lowest BCUT2D eigenvalue weighted by Crippen LogP contribution is -2.26. The van der Waals surface area contributed by atoms with Gasteiger partial charge in [0.05, 0.1) is 34.4 Å². The predicted octanol–water partition coefficient (Wildman–Crippen LogP) is 3.44. The van der Waals surface area contributed by atoms with Crippen molar-refractivity contribution < 1.29 is 17.8 Å². The number of para-hydroxylation sites is 1. The number of amides is 2. The average Bonchev–Trinajstić information content (AvgIpc) is 3.58. The standard InChI is InChI=1S/C24H27N7O2/c1-13-17-12-30(3)29-21(17)15-6-5-7-18(22(15)31(13)4)27-19-10-20(28-23(32)14-8-9-14)26-11-16(19)24(33)25-2/h5-7,10-14H,8-9H2,1-4H3,(H,25,33)(H2,26,27,28,32)/i2D3,3D3. The van der Waals surface area contributed by atoms with Crippen molar-refractivity contribution in [2.45, 2.75) is 25.8 Å². The minimum absolute atomic E-state index is 0.0352. The van der Waals surface area contributed by atoms with Gasteiger partial charge < -0.3 is 20.9 Å². The van der Waals surface area contributed by atoms with Gasteiger partial charge in [-0.3, -0.25) is 14.3 Å². The average molecular weight is 452 g/mol. The summed E-state index contributed by atoms with van der Waals surface area (Å²) >= 11 is 0. The van der Waals surface area contributed by atoms with E-state index in [-0.39, 0.29) is 34.9 Å². The molecule has 0 spiro atoms. The Hall–Kier alpha value is -3.88. The van der Waals surface area contributed by atoms with E-state index in [1.807, 2.05) is 30.3 Å². The molecule has 3 heterocycles. The van der Waals surface area contributed by atoms with Gasteiger partial charge in [-0.2, -0.15) is 5.10 Å². The van der Waals surface area contributed by atoms with Gasteiger partial charge in [-0.05, 0) is 25.8 Å². The van der Waals surface area contributed by atoms with Gasteiger partial charge in [-0.15, -0.1) is 0 Å². The van der Waals surface area contributed by atoms with Crippen LogP contribution in [0.2, 0.25) is 0 Å². The Bertz CT molecular complexity index is 1460. The molecule has 2 amide bonds. The Morgan fingerprint density at radius 1 is 1.24 bits per heavy atom. The molecule has 1 unspecified atom stereocenters. The first-order valence-corrected chi connectivity index (χ1v) is 10.6. The molecule has 1 aliphatic carbocycles. The van der Waals surface area contributed by atoms with Crippen molar-refractivity contribution in [1.29, 1.82) is 0 Å². The second-order valence-electron chi connectivity index (χ2n) is 8.32. The minimum atomic E-state index is -2.72. The summed E-state index contributed by atoms with van der Waals surface area (Å²) in [6.45, 7) is -3.22. The summed E-state index contributed by atoms with van der Waals surface area (Å²) in [5.74, 6) is -0.890. The molecule has 9 heteroatoms. The highest BCUT2D eigenvalue weighted by molar-refractivity contribution is 6.02. The smallest absolute Gasteiger partial charge is 0.254 e. The second-order valence-corrected chi connectivity index (χ2v) is 8.32. The first-order chi connectivity index (χ1) is 18.2. The molecular formula is C24H27N7O2. The summed E-state index contributed by atoms with van der Waals surface area (Å²) in [7, 11) is 1.86. The molecule has 1 aliphatic heterocycles. The maximum Gasteiger partial charge on any atom is 0.254 e. The van der Waals surface area contributed by atoms with Crippen molar-refractivity contribution in [2.75, 3.05) is 29.6 Å². The van der Waals surface area contributed by atoms with E-state index in [0.717, 1.165) is 23.1 Å². The molecule has 2 aromatic heterocycles. The number of rotatable bonds is 5. The van der Waals surface area contributed by atoms with E-state index < -0.39 is 19.9 Å². The Morgan fingerprint density at radius 3 is 2.85 bits per heavy atom. The van der Waals surface area contributed by atoms with E-state index in [0.29, 0.717) is 22.6 Å². The highest BCUT2D eigenvalue weighted by atomic mass is 16.2. The van der Waals surface area contributed by atoms with Gasteiger partial charge in [0, 0.05) is 64.7 Å². The number of nitrogens with zero attached hydrogens (tertiary/aromatic N) is 4. The molecule has 3 aromatic rings. The molecule has 2 aliphatic rings. The molecule has 33 heavy (non-hydrogen) atoms. The van der Waals surface area contributed by atoms with Gasteiger partial charge in [-0.1, -0.05) is 12.1 Å². The van der Waals surface area contributed by atoms with Crippen LogP contribution in [0.15, 0.2) is 36.7 Å². The Kier molecular flexibility index (Phi) is 3.61. The Labute approximate surface area is 200 Å². The van der Waals surface area contributed by atoms with Crippen LogP contribution >= 0.6 is 0 Å². The molecule has 1 atom stereocenters. The van der Waals surface area contributed by atoms with Gasteiger partial charge in [0.15, 0.2) is 0 Å². The molecule has 0 radical (unpaired) electrons. The lowest BCUT2D eigenvalue weighted by atomic mass is 9.94. The fourth-order valence-electron chi connectivity index (χ4n) is 4.11. The van der Waals surface area contributed by atoms with E-state index in [9.17, 15) is 9.59 Å². The number of hydrogen-bond donors (Lipinski definition) is 3. The van der Waals surface area contributed by atoms with Crippen LogP contribution in [0.1, 0.15) is 50.0 Å². The van der Waals surface area contributed by atoms with Crippen LogP contribution in [0.5, 0.6) is 0 Å². The molecule has 3 N–H and O–H groups in total. The zero-order chi connectivity index (χ0) is 28.3. The molecule has 1 aromatic carbocycles. The highest BCUT2D eigenvalue weighted by Gasteiger charge is 2.31. The summed E-state index contributed by atoms with van der Waals surface area (Å²) in [4.78, 5) is 31.3. The second kappa shape index (κ2) is 7.91. The molecular weight excluding hydrogens is 418 g/mol. The maximum atomic E-state index is 12.9. The molecule has 0 bridgehead atoms. The number of pyridine rings is 1. The first-order valence-electron chi connectivity index (χ1n) is 13.6. The Balaban J connectivity index is 1.57. The van der Waals surface area contributed by atoms with Crippen LogP contribution in [0, 0.1) is 5.92 Å². The topological polar surface area (TPSA) is 104 Å². The Morgan fingerprint density at radius 2 is 2.09 bits per heavy atom. The number of carbonyl (C=O) groups is 2. The van der Waals surface area contributed by atoms with E-state index in [4.69, 9.17) is 8.22 Å². The minimum Gasteiger partial charge on any atom is -0.365 e. The SMILES string of the molecule is [2H]C([2H])([2H])NC(=O)c1cnc(NC(=O)C2CC2)cc1Nc1cccc2c1N(C)C(C)c1cn(C([2H])([2H])[2H])nc1-2. The number of carbonyl (C=O) groups excluding carboxylic acids is 2. The third-order valence-electron chi connectivity index (χ3n) is 6.15. The monoisotopic (exact) mass is 451 g/mol. The zero-order valence-corrected chi connectivity index (χ0v) is 18.1. The van der Waals surface area contributed by atoms with E-state index in [2.05, 4.69) is 20.7 Å². The number of aromatic nitrogens is 3. The number of anilines is 4. The van der Waals surface area contributed by atoms with Crippen molar-refractivity contribution >= 4 is 34.7 Å². The maximum absolute atomic E-state index is 12.9. The van der Waals surface area contributed by atoms with Crippen LogP contribution in [-0.4, -0.2) is 40.6 Å². The molecule has 5 rings (SSSR count). The number of hydrogen-bond acceptors (Lipinski definition) is 6. The quantitative estimate of drug-likeness (QED) is 0.549. The van der Waals surface area contributed by atoms with E-state index >= 15 is 0 Å². The van der Waals surface area contributed by atoms with Crippen molar-refractivity contribution in [3.63, 3.8) is 0 Å². The van der Waals surface area contributed by atoms with E-state index in [1.165, 1.54) is 18.5 Å². The van der Waals surface area contributed by atoms with Crippen LogP contribution in [0.25, 0.3) is 11.3 Å². The number of benzene rings is 1. The molecule has 1 saturated carbocycles. The highest BCUT2D eigenvalue weighted by Crippen LogP contribution is 2.47. The van der Waals surface area contributed by atoms with Crippen molar-refractivity contribution in [2.24, 2.45) is 12.9 Å². The summed E-state index contributed by atoms with van der Waals surface area (Å²) < 4.78 is 46.6. The van der Waals surface area contributed by atoms with Crippen molar-refractivity contribution in [3.05, 3.63) is 47.8 Å². The lowest BCUT2D eigenvalue weighted by molar-refractivity contribution is -0.117. The first kappa shape index (κ1) is 15.0. The van der Waals surface area contributed by atoms with Gasteiger partial charge in [0.1, 0.15) is 5.82 Å². The number of nitrogens with one attached hydrogen (secondary N) is 3. The van der Waals surface area contributed by atoms with Gasteiger partial charge in [-0.25, -0.2) is 4.98 Å². The number of fused-ring (bicyclic) bond motifs is 3. The molecule has 170 valence electrons. The normalized spacial score (nSPS) is 20.1. The van der Waals surface area contributed by atoms with Crippen LogP contribution in [-0.2, 0) is 11.8 Å². The summed E-state index contributed by atoms with van der Waals surface area (Å²) in [5, 5.41) is 12.3. The zero-order valence-electron chi connectivity index (χ0n) is 24.1. The predicted molar refractivity (Wildman–Crippen MR) is 128 cm³/mol. The van der Waals surface area contributed by atoms with Gasteiger partial charge in [0.2, 0.25) is 5.91 Å². The molecule has 9 nitrogen and oxygen atoms in total. The fraction of sp³-hybridized carbons (Fsp3) is 0.333. The summed E-state index contributed by atoms with van der Waals surface area (Å²) in [6, 6.07) is 6.63. The van der Waals surface area contributed by atoms with Crippen LogP contribution in [0.4, 0.5) is 22.9 Å². The van der Waals surface area contributed by atoms with Gasteiger partial charge >= 0.3 is 0 Å². The summed E-state index contributed by atoms with van der Waals surface area (Å²) in [6.07, 6.45) is 4.34. The van der Waals surface area contributed by atoms with Crippen molar-refractivity contribution in [1.82, 2.24) is 20.1 Å². The van der Waals surface area contributed by atoms with Gasteiger partial charge in [0.25, 0.3) is 5.91 Å².